The second kappa shape index (κ2) is 4.01. The van der Waals surface area contributed by atoms with E-state index >= 15 is 0 Å². The molecule has 3 saturated carbocycles. The van der Waals surface area contributed by atoms with Crippen molar-refractivity contribution < 1.29 is 29.6 Å². The lowest BCUT2D eigenvalue weighted by atomic mass is 9.61. The summed E-state index contributed by atoms with van der Waals surface area (Å²) < 4.78 is 5.85. The molecule has 2 N–H and O–H groups in total. The number of carbonyl (C=O) groups is 2. The molecule has 25 heavy (non-hydrogen) atoms. The van der Waals surface area contributed by atoms with Gasteiger partial charge in [0.1, 0.15) is 11.0 Å². The van der Waals surface area contributed by atoms with Crippen LogP contribution in [0.25, 0.3) is 0 Å². The largest absolute Gasteiger partial charge is 0.550 e. The van der Waals surface area contributed by atoms with Crippen LogP contribution in [0, 0.1) is 28.6 Å². The molecule has 1 saturated heterocycles. The normalized spacial score (nSPS) is 58.0. The molecule has 134 valence electrons. The third-order valence-electron chi connectivity index (χ3n) is 8.11. The SMILES string of the molecule is C=C1C[C@]23C[C@@]1(O)CC[C@@H]2[C@@]12C=C[C@H](O)[C@@](C)(C(=O)O1)[C@H]2[C@@H]3C(=O)[O-]. The maximum absolute atomic E-state index is 12.7. The van der Waals surface area contributed by atoms with Gasteiger partial charge in [-0.15, -0.1) is 0 Å². The molecule has 0 unspecified atom stereocenters. The molecule has 1 aliphatic heterocycles. The summed E-state index contributed by atoms with van der Waals surface area (Å²) in [6.45, 7) is 5.60. The highest BCUT2D eigenvalue weighted by Crippen LogP contribution is 2.77. The van der Waals surface area contributed by atoms with Crippen LogP contribution >= 0.6 is 0 Å². The van der Waals surface area contributed by atoms with Crippen LogP contribution < -0.4 is 5.11 Å². The van der Waals surface area contributed by atoms with Gasteiger partial charge in [0.15, 0.2) is 0 Å². The molecule has 0 aromatic rings. The van der Waals surface area contributed by atoms with Gasteiger partial charge in [-0.25, -0.2) is 0 Å². The molecular formula is C19H21O6-. The number of aliphatic carboxylic acids is 1. The molecule has 6 nitrogen and oxygen atoms in total. The summed E-state index contributed by atoms with van der Waals surface area (Å²) in [6, 6.07) is 0. The van der Waals surface area contributed by atoms with Crippen molar-refractivity contribution in [1.82, 2.24) is 0 Å². The molecule has 0 radical (unpaired) electrons. The fourth-order valence-electron chi connectivity index (χ4n) is 7.11. The maximum Gasteiger partial charge on any atom is 0.316 e. The van der Waals surface area contributed by atoms with Gasteiger partial charge in [-0.2, -0.15) is 0 Å². The number of hydrogen-bond acceptors (Lipinski definition) is 6. The Morgan fingerprint density at radius 1 is 1.48 bits per heavy atom. The summed E-state index contributed by atoms with van der Waals surface area (Å²) in [6.07, 6.45) is 3.91. The summed E-state index contributed by atoms with van der Waals surface area (Å²) in [5, 5.41) is 33.7. The van der Waals surface area contributed by atoms with Crippen molar-refractivity contribution in [2.24, 2.45) is 28.6 Å². The lowest BCUT2D eigenvalue weighted by Crippen LogP contribution is -2.53. The van der Waals surface area contributed by atoms with E-state index in [1.165, 1.54) is 0 Å². The summed E-state index contributed by atoms with van der Waals surface area (Å²) in [7, 11) is 0. The molecule has 5 aliphatic rings. The number of carbonyl (C=O) groups excluding carboxylic acids is 2. The van der Waals surface area contributed by atoms with Crippen molar-refractivity contribution >= 4 is 11.9 Å². The minimum Gasteiger partial charge on any atom is -0.550 e. The van der Waals surface area contributed by atoms with E-state index in [2.05, 4.69) is 6.58 Å². The minimum absolute atomic E-state index is 0.220. The van der Waals surface area contributed by atoms with Gasteiger partial charge in [-0.1, -0.05) is 12.7 Å². The van der Waals surface area contributed by atoms with Crippen molar-refractivity contribution in [2.45, 2.75) is 49.9 Å². The number of carboxylic acids is 1. The van der Waals surface area contributed by atoms with Gasteiger partial charge in [0, 0.05) is 23.7 Å². The summed E-state index contributed by atoms with van der Waals surface area (Å²) in [4.78, 5) is 24.9. The average molecular weight is 345 g/mol. The fraction of sp³-hybridized carbons (Fsp3) is 0.684. The summed E-state index contributed by atoms with van der Waals surface area (Å²) in [5.41, 5.74) is -3.49. The van der Waals surface area contributed by atoms with E-state index in [0.717, 1.165) is 0 Å². The number of aliphatic hydroxyl groups is 2. The number of rotatable bonds is 1. The second-order valence-corrected chi connectivity index (χ2v) is 8.92. The standard InChI is InChI=1S/C19H22O6/c1-9-7-17-8-18(9,24)5-3-10(17)19-6-4-11(20)16(2,15(23)25-19)13(19)12(17)14(21)22/h4,6,10-13,20,24H,1,3,5,7-8H2,2H3,(H,21,22)/p-1/t10-,11-,12+,13+,16+,17-,18-,19+/m0/s1. The predicted octanol–water partition coefficient (Wildman–Crippen LogP) is -0.308. The van der Waals surface area contributed by atoms with Crippen molar-refractivity contribution in [1.29, 1.82) is 0 Å². The van der Waals surface area contributed by atoms with Crippen molar-refractivity contribution in [2.75, 3.05) is 0 Å². The zero-order valence-corrected chi connectivity index (χ0v) is 14.0. The van der Waals surface area contributed by atoms with Gasteiger partial charge in [-0.3, -0.25) is 4.79 Å². The van der Waals surface area contributed by atoms with Gasteiger partial charge in [-0.05, 0) is 49.7 Å². The number of esters is 1. The quantitative estimate of drug-likeness (QED) is 0.499. The number of aliphatic hydroxyl groups excluding tert-OH is 1. The highest BCUT2D eigenvalue weighted by molar-refractivity contribution is 5.86. The first kappa shape index (κ1) is 15.6. The molecule has 0 aromatic carbocycles. The Kier molecular flexibility index (Phi) is 2.50. The molecule has 6 heteroatoms. The zero-order valence-electron chi connectivity index (χ0n) is 14.0. The van der Waals surface area contributed by atoms with E-state index in [1.807, 2.05) is 0 Å². The third-order valence-corrected chi connectivity index (χ3v) is 8.11. The first-order chi connectivity index (χ1) is 11.6. The van der Waals surface area contributed by atoms with E-state index in [4.69, 9.17) is 4.74 Å². The van der Waals surface area contributed by atoms with E-state index < -0.39 is 51.9 Å². The molecule has 1 heterocycles. The van der Waals surface area contributed by atoms with Gasteiger partial charge < -0.3 is 24.9 Å². The van der Waals surface area contributed by atoms with Crippen LogP contribution in [0.15, 0.2) is 24.3 Å². The maximum atomic E-state index is 12.7. The van der Waals surface area contributed by atoms with Crippen LogP contribution in [0.2, 0.25) is 0 Å². The van der Waals surface area contributed by atoms with E-state index in [-0.39, 0.29) is 5.92 Å². The van der Waals surface area contributed by atoms with Crippen LogP contribution in [-0.4, -0.2) is 39.5 Å². The van der Waals surface area contributed by atoms with Crippen LogP contribution in [-0.2, 0) is 14.3 Å². The van der Waals surface area contributed by atoms with Crippen molar-refractivity contribution in [3.8, 4) is 0 Å². The van der Waals surface area contributed by atoms with Crippen LogP contribution in [0.4, 0.5) is 0 Å². The Balaban J connectivity index is 1.78. The number of carboxylic acid groups (broad SMARTS) is 1. The Hall–Kier alpha value is -1.66. The first-order valence-electron chi connectivity index (χ1n) is 8.84. The molecule has 8 atom stereocenters. The molecule has 4 aliphatic carbocycles. The van der Waals surface area contributed by atoms with E-state index in [0.29, 0.717) is 31.3 Å². The van der Waals surface area contributed by atoms with Crippen LogP contribution in [0.1, 0.15) is 32.6 Å². The Morgan fingerprint density at radius 2 is 2.20 bits per heavy atom. The monoisotopic (exact) mass is 345 g/mol. The third kappa shape index (κ3) is 1.36. The lowest BCUT2D eigenvalue weighted by molar-refractivity contribution is -0.318. The summed E-state index contributed by atoms with van der Waals surface area (Å²) >= 11 is 0. The molecule has 4 bridgehead atoms. The van der Waals surface area contributed by atoms with Gasteiger partial charge in [0.2, 0.25) is 0 Å². The highest BCUT2D eigenvalue weighted by Gasteiger charge is 2.82. The second-order valence-electron chi connectivity index (χ2n) is 8.92. The fourth-order valence-corrected chi connectivity index (χ4v) is 7.11. The first-order valence-corrected chi connectivity index (χ1v) is 8.84. The van der Waals surface area contributed by atoms with E-state index in [9.17, 15) is 24.9 Å². The lowest BCUT2D eigenvalue weighted by Gasteiger charge is -2.45. The minimum atomic E-state index is -1.31. The molecule has 0 aromatic heterocycles. The number of fused-ring (bicyclic) bond motifs is 1. The van der Waals surface area contributed by atoms with Gasteiger partial charge >= 0.3 is 5.97 Å². The topological polar surface area (TPSA) is 107 Å². The molecule has 1 spiro atoms. The van der Waals surface area contributed by atoms with Gasteiger partial charge in [0.25, 0.3) is 0 Å². The van der Waals surface area contributed by atoms with Crippen molar-refractivity contribution in [3.63, 3.8) is 0 Å². The molecule has 4 fully saturated rings. The predicted molar refractivity (Wildman–Crippen MR) is 82.5 cm³/mol. The molecule has 0 amide bonds. The Bertz CT molecular complexity index is 772. The van der Waals surface area contributed by atoms with Gasteiger partial charge in [0.05, 0.1) is 11.7 Å². The zero-order chi connectivity index (χ0) is 18.0. The summed E-state index contributed by atoms with van der Waals surface area (Å²) in [5.74, 6) is -3.67. The van der Waals surface area contributed by atoms with Crippen LogP contribution in [0.5, 0.6) is 0 Å². The average Bonchev–Trinajstić information content (AvgIpc) is 2.95. The number of hydrogen-bond donors (Lipinski definition) is 2. The van der Waals surface area contributed by atoms with E-state index in [1.54, 1.807) is 19.1 Å². The smallest absolute Gasteiger partial charge is 0.316 e. The Labute approximate surface area is 145 Å². The highest BCUT2D eigenvalue weighted by atomic mass is 16.6. The number of ether oxygens (including phenoxy) is 1. The Morgan fingerprint density at radius 3 is 2.88 bits per heavy atom. The van der Waals surface area contributed by atoms with Crippen molar-refractivity contribution in [3.05, 3.63) is 24.3 Å². The van der Waals surface area contributed by atoms with Crippen LogP contribution in [0.3, 0.4) is 0 Å². The molecular weight excluding hydrogens is 324 g/mol. The molecule has 5 rings (SSSR count).